The van der Waals surface area contributed by atoms with Crippen molar-refractivity contribution >= 4 is 38.9 Å². The molecule has 0 aromatic heterocycles. The molecule has 0 spiro atoms. The predicted molar refractivity (Wildman–Crippen MR) is 118 cm³/mol. The average molecular weight is 484 g/mol. The van der Waals surface area contributed by atoms with E-state index in [4.69, 9.17) is 21.1 Å². The first-order chi connectivity index (χ1) is 15.2. The maximum absolute atomic E-state index is 12.9. The Bertz CT molecular complexity index is 1130. The second kappa shape index (κ2) is 9.72. The number of piperidine rings is 1. The fraction of sp³-hybridized carbons (Fsp3) is 0.350. The lowest BCUT2D eigenvalue weighted by molar-refractivity contribution is -0.387. The molecule has 10 nitrogen and oxygen atoms in total. The van der Waals surface area contributed by atoms with Gasteiger partial charge in [-0.2, -0.15) is 4.31 Å². The Hall–Kier alpha value is -2.89. The topological polar surface area (TPSA) is 128 Å². The van der Waals surface area contributed by atoms with Crippen molar-refractivity contribution in [2.45, 2.75) is 17.7 Å². The van der Waals surface area contributed by atoms with E-state index in [9.17, 15) is 23.3 Å². The molecule has 0 aliphatic carbocycles. The van der Waals surface area contributed by atoms with Crippen molar-refractivity contribution in [1.29, 1.82) is 0 Å². The lowest BCUT2D eigenvalue weighted by Gasteiger charge is -2.30. The highest BCUT2D eigenvalue weighted by Gasteiger charge is 2.35. The first-order valence-electron chi connectivity index (χ1n) is 9.65. The molecular formula is C20H22ClN3O7S. The molecule has 2 aromatic carbocycles. The van der Waals surface area contributed by atoms with Crippen LogP contribution in [0.25, 0.3) is 0 Å². The average Bonchev–Trinajstić information content (AvgIpc) is 2.79. The van der Waals surface area contributed by atoms with Crippen LogP contribution in [0.3, 0.4) is 0 Å². The van der Waals surface area contributed by atoms with Crippen molar-refractivity contribution in [1.82, 2.24) is 4.31 Å². The maximum Gasteiger partial charge on any atom is 0.289 e. The summed E-state index contributed by atoms with van der Waals surface area (Å²) in [6.45, 7) is 0.125. The normalized spacial score (nSPS) is 15.2. The lowest BCUT2D eigenvalue weighted by Crippen LogP contribution is -2.41. The zero-order chi connectivity index (χ0) is 23.5. The highest BCUT2D eigenvalue weighted by atomic mass is 35.5. The van der Waals surface area contributed by atoms with E-state index in [-0.39, 0.29) is 36.7 Å². The number of carbonyl (C=O) groups is 1. The Kier molecular flexibility index (Phi) is 7.22. The highest BCUT2D eigenvalue weighted by Crippen LogP contribution is 2.36. The fourth-order valence-corrected chi connectivity index (χ4v) is 5.38. The van der Waals surface area contributed by atoms with E-state index in [0.29, 0.717) is 22.2 Å². The molecule has 172 valence electrons. The molecule has 1 amide bonds. The number of hydrogen-bond donors (Lipinski definition) is 1. The number of amides is 1. The first kappa shape index (κ1) is 23.8. The van der Waals surface area contributed by atoms with Gasteiger partial charge in [0.1, 0.15) is 11.5 Å². The number of nitrogens with one attached hydrogen (secondary N) is 1. The third kappa shape index (κ3) is 4.79. The van der Waals surface area contributed by atoms with E-state index in [0.717, 1.165) is 6.07 Å². The van der Waals surface area contributed by atoms with Gasteiger partial charge in [-0.3, -0.25) is 14.9 Å². The summed E-state index contributed by atoms with van der Waals surface area (Å²) < 4.78 is 37.5. The molecule has 0 radical (unpaired) electrons. The Balaban J connectivity index is 1.71. The Morgan fingerprint density at radius 2 is 1.78 bits per heavy atom. The minimum Gasteiger partial charge on any atom is -0.495 e. The van der Waals surface area contributed by atoms with Crippen LogP contribution in [0.1, 0.15) is 12.8 Å². The van der Waals surface area contributed by atoms with Gasteiger partial charge >= 0.3 is 0 Å². The van der Waals surface area contributed by atoms with E-state index in [2.05, 4.69) is 5.32 Å². The van der Waals surface area contributed by atoms with Gasteiger partial charge in [-0.15, -0.1) is 0 Å². The fourth-order valence-electron chi connectivity index (χ4n) is 3.52. The molecule has 1 aliphatic heterocycles. The summed E-state index contributed by atoms with van der Waals surface area (Å²) in [6.07, 6.45) is 0.524. The summed E-state index contributed by atoms with van der Waals surface area (Å²) in [5.74, 6) is 0.0242. The maximum atomic E-state index is 12.9. The van der Waals surface area contributed by atoms with Crippen LogP contribution < -0.4 is 14.8 Å². The van der Waals surface area contributed by atoms with Crippen molar-refractivity contribution in [2.75, 3.05) is 32.6 Å². The number of benzene rings is 2. The monoisotopic (exact) mass is 483 g/mol. The third-order valence-corrected chi connectivity index (χ3v) is 7.48. The number of nitro benzene ring substituents is 1. The molecule has 0 bridgehead atoms. The molecule has 0 saturated carbocycles. The number of halogens is 1. The predicted octanol–water partition coefficient (Wildman–Crippen LogP) is 3.30. The molecular weight excluding hydrogens is 462 g/mol. The van der Waals surface area contributed by atoms with Crippen molar-refractivity contribution in [3.05, 3.63) is 51.5 Å². The molecule has 0 atom stereocenters. The number of sulfonamides is 1. The number of nitro groups is 1. The van der Waals surface area contributed by atoms with Crippen molar-refractivity contribution in [3.63, 3.8) is 0 Å². The van der Waals surface area contributed by atoms with Gasteiger partial charge in [0.15, 0.2) is 4.90 Å². The van der Waals surface area contributed by atoms with Crippen molar-refractivity contribution in [2.24, 2.45) is 5.92 Å². The number of hydrogen-bond acceptors (Lipinski definition) is 7. The van der Waals surface area contributed by atoms with E-state index < -0.39 is 26.6 Å². The van der Waals surface area contributed by atoms with Gasteiger partial charge in [0.05, 0.1) is 29.9 Å². The number of anilines is 1. The summed E-state index contributed by atoms with van der Waals surface area (Å²) >= 11 is 6.14. The van der Waals surface area contributed by atoms with Gasteiger partial charge < -0.3 is 14.8 Å². The van der Waals surface area contributed by atoms with Gasteiger partial charge in [-0.1, -0.05) is 23.7 Å². The number of ether oxygens (including phenoxy) is 2. The second-order valence-electron chi connectivity index (χ2n) is 7.08. The summed E-state index contributed by atoms with van der Waals surface area (Å²) in [7, 11) is -1.15. The molecule has 3 rings (SSSR count). The van der Waals surface area contributed by atoms with E-state index in [1.807, 2.05) is 0 Å². The SMILES string of the molecule is COc1cc(OC)c(NC(=O)C2CCN(S(=O)(=O)c3ccccc3[N+](=O)[O-])CC2)cc1Cl. The summed E-state index contributed by atoms with van der Waals surface area (Å²) in [5.41, 5.74) is -0.103. The lowest BCUT2D eigenvalue weighted by atomic mass is 9.97. The molecule has 1 fully saturated rings. The number of methoxy groups -OCH3 is 2. The molecule has 32 heavy (non-hydrogen) atoms. The van der Waals surface area contributed by atoms with Crippen LogP contribution in [0.2, 0.25) is 5.02 Å². The van der Waals surface area contributed by atoms with E-state index in [1.165, 1.54) is 42.8 Å². The summed E-state index contributed by atoms with van der Waals surface area (Å²) in [4.78, 5) is 22.9. The largest absolute Gasteiger partial charge is 0.495 e. The zero-order valence-corrected chi connectivity index (χ0v) is 19.0. The van der Waals surface area contributed by atoms with Crippen LogP contribution in [0.4, 0.5) is 11.4 Å². The molecule has 1 aliphatic rings. The second-order valence-corrected chi connectivity index (χ2v) is 9.39. The molecule has 1 saturated heterocycles. The van der Waals surface area contributed by atoms with Crippen LogP contribution in [-0.4, -0.2) is 50.9 Å². The number of nitrogens with zero attached hydrogens (tertiary/aromatic N) is 2. The number of rotatable bonds is 7. The van der Waals surface area contributed by atoms with Crippen LogP contribution in [-0.2, 0) is 14.8 Å². The molecule has 1 heterocycles. The van der Waals surface area contributed by atoms with Crippen LogP contribution in [0.5, 0.6) is 11.5 Å². The van der Waals surface area contributed by atoms with E-state index in [1.54, 1.807) is 6.07 Å². The van der Waals surface area contributed by atoms with Crippen LogP contribution >= 0.6 is 11.6 Å². The summed E-state index contributed by atoms with van der Waals surface area (Å²) in [5, 5.41) is 14.3. The van der Waals surface area contributed by atoms with Gasteiger partial charge in [0.25, 0.3) is 5.69 Å². The van der Waals surface area contributed by atoms with E-state index >= 15 is 0 Å². The third-order valence-electron chi connectivity index (χ3n) is 5.24. The quantitative estimate of drug-likeness (QED) is 0.472. The molecule has 0 unspecified atom stereocenters. The van der Waals surface area contributed by atoms with Gasteiger partial charge in [0, 0.05) is 31.1 Å². The first-order valence-corrected chi connectivity index (χ1v) is 11.5. The van der Waals surface area contributed by atoms with Gasteiger partial charge in [0.2, 0.25) is 15.9 Å². The minimum atomic E-state index is -4.06. The summed E-state index contributed by atoms with van der Waals surface area (Å²) in [6, 6.07) is 8.29. The Morgan fingerprint density at radius 1 is 1.16 bits per heavy atom. The number of para-hydroxylation sites is 1. The number of carbonyl (C=O) groups excluding carboxylic acids is 1. The van der Waals surface area contributed by atoms with Crippen molar-refractivity contribution in [3.8, 4) is 11.5 Å². The van der Waals surface area contributed by atoms with Crippen LogP contribution in [0, 0.1) is 16.0 Å². The highest BCUT2D eigenvalue weighted by molar-refractivity contribution is 7.89. The molecule has 12 heteroatoms. The smallest absolute Gasteiger partial charge is 0.289 e. The van der Waals surface area contributed by atoms with Gasteiger partial charge in [-0.05, 0) is 25.0 Å². The minimum absolute atomic E-state index is 0.0625. The van der Waals surface area contributed by atoms with Crippen molar-refractivity contribution < 1.29 is 27.6 Å². The molecule has 2 aromatic rings. The zero-order valence-electron chi connectivity index (χ0n) is 17.4. The van der Waals surface area contributed by atoms with Crippen LogP contribution in [0.15, 0.2) is 41.3 Å². The Morgan fingerprint density at radius 3 is 2.38 bits per heavy atom. The van der Waals surface area contributed by atoms with Gasteiger partial charge in [-0.25, -0.2) is 8.42 Å². The molecule has 1 N–H and O–H groups in total. The Labute approximate surface area is 190 Å². The standard InChI is InChI=1S/C20H22ClN3O7S/c1-30-17-12-18(31-2)15(11-14(17)21)22-20(25)13-7-9-23(10-8-13)32(28,29)19-6-4-3-5-16(19)24(26)27/h3-6,11-13H,7-10H2,1-2H3,(H,22,25).